The van der Waals surface area contributed by atoms with Crippen molar-refractivity contribution < 1.29 is 5.11 Å². The van der Waals surface area contributed by atoms with Crippen molar-refractivity contribution in [3.8, 4) is 0 Å². The topological polar surface area (TPSA) is 33.1 Å². The quantitative estimate of drug-likeness (QED) is 0.788. The molecule has 1 rings (SSSR count). The Bertz CT molecular complexity index is 256. The summed E-state index contributed by atoms with van der Waals surface area (Å²) in [6.45, 7) is 4.68. The van der Waals surface area contributed by atoms with Crippen molar-refractivity contribution >= 4 is 11.3 Å². The molecule has 0 atom stereocenters. The minimum Gasteiger partial charge on any atom is -0.396 e. The van der Waals surface area contributed by atoms with Gasteiger partial charge in [0, 0.05) is 17.9 Å². The number of hydrogen-bond donors (Lipinski definition) is 1. The molecule has 0 spiro atoms. The van der Waals surface area contributed by atoms with E-state index < -0.39 is 0 Å². The fourth-order valence-corrected chi connectivity index (χ4v) is 2.65. The molecule has 1 heterocycles. The molecule has 1 aromatic heterocycles. The average Bonchev–Trinajstić information content (AvgIpc) is 2.65. The zero-order valence-corrected chi connectivity index (χ0v) is 9.81. The van der Waals surface area contributed by atoms with Gasteiger partial charge in [-0.15, -0.1) is 11.3 Å². The van der Waals surface area contributed by atoms with Gasteiger partial charge in [0.2, 0.25) is 0 Å². The molecule has 2 nitrogen and oxygen atoms in total. The molecule has 0 saturated heterocycles. The number of aryl methyl sites for hydroxylation is 1. The van der Waals surface area contributed by atoms with Crippen LogP contribution in [-0.2, 0) is 6.42 Å². The standard InChI is InChI=1S/C11H19NOS/c1-3-9(4-2)11-12-10(8-14-11)6-5-7-13/h8-9,13H,3-7H2,1-2H3. The van der Waals surface area contributed by atoms with E-state index in [2.05, 4.69) is 24.2 Å². The summed E-state index contributed by atoms with van der Waals surface area (Å²) in [6, 6.07) is 0. The van der Waals surface area contributed by atoms with E-state index in [0.29, 0.717) is 5.92 Å². The molecule has 0 aliphatic rings. The maximum absolute atomic E-state index is 8.71. The lowest BCUT2D eigenvalue weighted by atomic mass is 10.1. The second kappa shape index (κ2) is 6.14. The zero-order valence-electron chi connectivity index (χ0n) is 8.99. The predicted octanol–water partition coefficient (Wildman–Crippen LogP) is 2.97. The van der Waals surface area contributed by atoms with Crippen LogP contribution in [0.1, 0.15) is 49.7 Å². The van der Waals surface area contributed by atoms with Gasteiger partial charge in [0.1, 0.15) is 0 Å². The van der Waals surface area contributed by atoms with E-state index in [1.54, 1.807) is 11.3 Å². The van der Waals surface area contributed by atoms with Crippen LogP contribution in [0.4, 0.5) is 0 Å². The van der Waals surface area contributed by atoms with E-state index in [-0.39, 0.29) is 6.61 Å². The number of hydrogen-bond acceptors (Lipinski definition) is 3. The molecule has 0 radical (unpaired) electrons. The van der Waals surface area contributed by atoms with Crippen LogP contribution in [0, 0.1) is 0 Å². The Hall–Kier alpha value is -0.410. The Labute approximate surface area is 90.0 Å². The van der Waals surface area contributed by atoms with Crippen LogP contribution >= 0.6 is 11.3 Å². The van der Waals surface area contributed by atoms with Crippen LogP contribution in [0.5, 0.6) is 0 Å². The molecule has 0 bridgehead atoms. The molecular weight excluding hydrogens is 194 g/mol. The van der Waals surface area contributed by atoms with Gasteiger partial charge >= 0.3 is 0 Å². The molecule has 0 aliphatic carbocycles. The second-order valence-corrected chi connectivity index (χ2v) is 4.41. The van der Waals surface area contributed by atoms with Crippen LogP contribution in [0.2, 0.25) is 0 Å². The van der Waals surface area contributed by atoms with Crippen molar-refractivity contribution in [1.29, 1.82) is 0 Å². The minimum atomic E-state index is 0.262. The molecule has 0 saturated carbocycles. The minimum absolute atomic E-state index is 0.262. The lowest BCUT2D eigenvalue weighted by Gasteiger charge is -2.06. The highest BCUT2D eigenvalue weighted by atomic mass is 32.1. The van der Waals surface area contributed by atoms with Gasteiger partial charge in [-0.1, -0.05) is 13.8 Å². The van der Waals surface area contributed by atoms with Crippen LogP contribution in [0.25, 0.3) is 0 Å². The number of rotatable bonds is 6. The molecule has 3 heteroatoms. The Balaban J connectivity index is 2.57. The molecule has 80 valence electrons. The maximum Gasteiger partial charge on any atom is 0.0959 e. The molecule has 0 aliphatic heterocycles. The van der Waals surface area contributed by atoms with Gasteiger partial charge in [0.15, 0.2) is 0 Å². The van der Waals surface area contributed by atoms with Crippen molar-refractivity contribution in [3.05, 3.63) is 16.1 Å². The Kier molecular flexibility index (Phi) is 5.12. The molecule has 0 fully saturated rings. The SMILES string of the molecule is CCC(CC)c1nc(CCCO)cs1. The fourth-order valence-electron chi connectivity index (χ4n) is 1.52. The van der Waals surface area contributed by atoms with Crippen molar-refractivity contribution in [2.45, 2.75) is 45.4 Å². The fraction of sp³-hybridized carbons (Fsp3) is 0.727. The Morgan fingerprint density at radius 3 is 2.71 bits per heavy atom. The van der Waals surface area contributed by atoms with Crippen LogP contribution in [-0.4, -0.2) is 16.7 Å². The smallest absolute Gasteiger partial charge is 0.0959 e. The summed E-state index contributed by atoms with van der Waals surface area (Å²) in [4.78, 5) is 4.60. The monoisotopic (exact) mass is 213 g/mol. The molecular formula is C11H19NOS. The summed E-state index contributed by atoms with van der Waals surface area (Å²) in [7, 11) is 0. The first-order chi connectivity index (χ1) is 6.81. The summed E-state index contributed by atoms with van der Waals surface area (Å²) in [6.07, 6.45) is 4.08. The van der Waals surface area contributed by atoms with Crippen molar-refractivity contribution in [2.75, 3.05) is 6.61 Å². The van der Waals surface area contributed by atoms with E-state index in [4.69, 9.17) is 5.11 Å². The lowest BCUT2D eigenvalue weighted by Crippen LogP contribution is -1.96. The van der Waals surface area contributed by atoms with Crippen molar-refractivity contribution in [1.82, 2.24) is 4.98 Å². The molecule has 14 heavy (non-hydrogen) atoms. The first-order valence-corrected chi connectivity index (χ1v) is 6.24. The van der Waals surface area contributed by atoms with E-state index in [9.17, 15) is 0 Å². The van der Waals surface area contributed by atoms with Crippen molar-refractivity contribution in [3.63, 3.8) is 0 Å². The summed E-state index contributed by atoms with van der Waals surface area (Å²) in [5.41, 5.74) is 1.14. The highest BCUT2D eigenvalue weighted by molar-refractivity contribution is 7.09. The second-order valence-electron chi connectivity index (χ2n) is 3.52. The van der Waals surface area contributed by atoms with Gasteiger partial charge in [-0.2, -0.15) is 0 Å². The van der Waals surface area contributed by atoms with Gasteiger partial charge < -0.3 is 5.11 Å². The number of aliphatic hydroxyl groups excluding tert-OH is 1. The number of aliphatic hydroxyl groups is 1. The number of nitrogens with zero attached hydrogens (tertiary/aromatic N) is 1. The third-order valence-electron chi connectivity index (χ3n) is 2.50. The molecule has 0 amide bonds. The predicted molar refractivity (Wildman–Crippen MR) is 60.8 cm³/mol. The first-order valence-electron chi connectivity index (χ1n) is 5.36. The molecule has 0 aromatic carbocycles. The number of thiazole rings is 1. The summed E-state index contributed by atoms with van der Waals surface area (Å²) >= 11 is 1.76. The van der Waals surface area contributed by atoms with Crippen LogP contribution in [0.3, 0.4) is 0 Å². The maximum atomic E-state index is 8.71. The summed E-state index contributed by atoms with van der Waals surface area (Å²) in [5.74, 6) is 0.628. The third kappa shape index (κ3) is 3.07. The number of aromatic nitrogens is 1. The van der Waals surface area contributed by atoms with Gasteiger partial charge in [0.25, 0.3) is 0 Å². The average molecular weight is 213 g/mol. The highest BCUT2D eigenvalue weighted by Gasteiger charge is 2.11. The van der Waals surface area contributed by atoms with E-state index in [1.807, 2.05) is 0 Å². The largest absolute Gasteiger partial charge is 0.396 e. The van der Waals surface area contributed by atoms with E-state index in [1.165, 1.54) is 17.8 Å². The summed E-state index contributed by atoms with van der Waals surface area (Å²) in [5, 5.41) is 12.1. The first kappa shape index (κ1) is 11.7. The van der Waals surface area contributed by atoms with Crippen LogP contribution < -0.4 is 0 Å². The van der Waals surface area contributed by atoms with Crippen LogP contribution in [0.15, 0.2) is 5.38 Å². The van der Waals surface area contributed by atoms with Gasteiger partial charge in [-0.25, -0.2) is 4.98 Å². The van der Waals surface area contributed by atoms with Gasteiger partial charge in [0.05, 0.1) is 10.7 Å². The zero-order chi connectivity index (χ0) is 10.4. The van der Waals surface area contributed by atoms with Gasteiger partial charge in [-0.05, 0) is 25.7 Å². The molecule has 1 N–H and O–H groups in total. The molecule has 1 aromatic rings. The molecule has 0 unspecified atom stereocenters. The Morgan fingerprint density at radius 2 is 2.14 bits per heavy atom. The third-order valence-corrected chi connectivity index (χ3v) is 3.55. The highest BCUT2D eigenvalue weighted by Crippen LogP contribution is 2.26. The summed E-state index contributed by atoms with van der Waals surface area (Å²) < 4.78 is 0. The van der Waals surface area contributed by atoms with Crippen molar-refractivity contribution in [2.24, 2.45) is 0 Å². The van der Waals surface area contributed by atoms with E-state index >= 15 is 0 Å². The Morgan fingerprint density at radius 1 is 1.43 bits per heavy atom. The normalized spacial score (nSPS) is 11.1. The lowest BCUT2D eigenvalue weighted by molar-refractivity contribution is 0.288. The van der Waals surface area contributed by atoms with E-state index in [0.717, 1.165) is 18.5 Å². The van der Waals surface area contributed by atoms with Gasteiger partial charge in [-0.3, -0.25) is 0 Å².